The van der Waals surface area contributed by atoms with E-state index in [0.717, 1.165) is 0 Å². The van der Waals surface area contributed by atoms with E-state index in [1.54, 1.807) is 10.8 Å². The summed E-state index contributed by atoms with van der Waals surface area (Å²) in [5.74, 6) is 0.674. The van der Waals surface area contributed by atoms with Crippen molar-refractivity contribution in [3.05, 3.63) is 17.2 Å². The second kappa shape index (κ2) is 4.11. The summed E-state index contributed by atoms with van der Waals surface area (Å²) in [6.45, 7) is 2.41. The summed E-state index contributed by atoms with van der Waals surface area (Å²) in [6.07, 6.45) is 3.09. The summed E-state index contributed by atoms with van der Waals surface area (Å²) in [4.78, 5) is 8.76. The average molecular weight is 188 g/mol. The molecule has 0 aliphatic heterocycles. The highest BCUT2D eigenvalue weighted by molar-refractivity contribution is 6.29. The lowest BCUT2D eigenvalue weighted by Crippen LogP contribution is -1.96. The first-order valence-corrected chi connectivity index (χ1v) is 3.96. The van der Waals surface area contributed by atoms with Gasteiger partial charge in [0.05, 0.1) is 6.20 Å². The van der Waals surface area contributed by atoms with E-state index >= 15 is 0 Å². The third kappa shape index (κ3) is 1.98. The van der Waals surface area contributed by atoms with Crippen LogP contribution in [0, 0.1) is 0 Å². The Morgan fingerprint density at radius 1 is 1.83 bits per heavy atom. The molecule has 4 nitrogen and oxygen atoms in total. The summed E-state index contributed by atoms with van der Waals surface area (Å²) >= 11 is 5.74. The van der Waals surface area contributed by atoms with Gasteiger partial charge in [-0.25, -0.2) is 4.98 Å². The largest absolute Gasteiger partial charge is 0.396 e. The smallest absolute Gasteiger partial charge is 0.155 e. The fourth-order valence-electron chi connectivity index (χ4n) is 0.681. The molecular formula is C7H10ClN3O. The number of hydrogen-bond donors (Lipinski definition) is 0. The fraction of sp³-hybridized carbons (Fsp3) is 0.429. The molecular weight excluding hydrogens is 178 g/mol. The Morgan fingerprint density at radius 3 is 3.08 bits per heavy atom. The molecule has 0 radical (unpaired) electrons. The summed E-state index contributed by atoms with van der Waals surface area (Å²) in [5, 5.41) is 4.24. The number of aromatic nitrogens is 2. The average Bonchev–Trinajstić information content (AvgIpc) is 2.36. The van der Waals surface area contributed by atoms with E-state index in [1.165, 1.54) is 6.21 Å². The molecule has 1 rings (SSSR count). The second-order valence-corrected chi connectivity index (χ2v) is 2.54. The standard InChI is InChI=1S/C7H10ClN3O/c1-3-12-10-5-7-9-4-6(8)11(7)2/h4-5H,3H2,1-2H3/b10-5+. The molecule has 1 aromatic heterocycles. The Bertz CT molecular complexity index is 282. The molecule has 66 valence electrons. The predicted octanol–water partition coefficient (Wildman–Crippen LogP) is 1.44. The molecule has 0 saturated heterocycles. The summed E-state index contributed by atoms with van der Waals surface area (Å²) < 4.78 is 1.71. The van der Waals surface area contributed by atoms with Crippen molar-refractivity contribution >= 4 is 17.8 Å². The number of hydrogen-bond acceptors (Lipinski definition) is 3. The van der Waals surface area contributed by atoms with Gasteiger partial charge in [0.15, 0.2) is 5.82 Å². The Balaban J connectivity index is 2.69. The van der Waals surface area contributed by atoms with Crippen LogP contribution in [0.15, 0.2) is 11.4 Å². The number of rotatable bonds is 3. The molecule has 0 aliphatic rings. The monoisotopic (exact) mass is 187 g/mol. The van der Waals surface area contributed by atoms with E-state index in [-0.39, 0.29) is 0 Å². The van der Waals surface area contributed by atoms with Crippen LogP contribution in [0.2, 0.25) is 5.15 Å². The quantitative estimate of drug-likeness (QED) is 0.531. The number of imidazole rings is 1. The summed E-state index contributed by atoms with van der Waals surface area (Å²) in [6, 6.07) is 0. The molecule has 0 N–H and O–H groups in total. The highest BCUT2D eigenvalue weighted by Crippen LogP contribution is 2.06. The van der Waals surface area contributed by atoms with Gasteiger partial charge in [-0.2, -0.15) is 0 Å². The molecule has 0 bridgehead atoms. The molecule has 0 aromatic carbocycles. The van der Waals surface area contributed by atoms with Crippen molar-refractivity contribution in [3.8, 4) is 0 Å². The van der Waals surface area contributed by atoms with Crippen LogP contribution in [0.3, 0.4) is 0 Å². The van der Waals surface area contributed by atoms with Crippen molar-refractivity contribution < 1.29 is 4.84 Å². The predicted molar refractivity (Wildman–Crippen MR) is 47.4 cm³/mol. The zero-order valence-corrected chi connectivity index (χ0v) is 7.75. The van der Waals surface area contributed by atoms with Crippen molar-refractivity contribution in [1.29, 1.82) is 0 Å². The van der Waals surface area contributed by atoms with Gasteiger partial charge in [-0.3, -0.25) is 0 Å². The lowest BCUT2D eigenvalue weighted by molar-refractivity contribution is 0.160. The van der Waals surface area contributed by atoms with Gasteiger partial charge in [-0.05, 0) is 6.92 Å². The van der Waals surface area contributed by atoms with Gasteiger partial charge in [0.2, 0.25) is 0 Å². The van der Waals surface area contributed by atoms with E-state index < -0.39 is 0 Å². The Kier molecular flexibility index (Phi) is 3.10. The molecule has 0 spiro atoms. The van der Waals surface area contributed by atoms with Gasteiger partial charge in [0, 0.05) is 7.05 Å². The van der Waals surface area contributed by atoms with Crippen LogP contribution in [-0.2, 0) is 11.9 Å². The maximum absolute atomic E-state index is 5.74. The minimum Gasteiger partial charge on any atom is -0.396 e. The van der Waals surface area contributed by atoms with Crippen LogP contribution < -0.4 is 0 Å². The van der Waals surface area contributed by atoms with Gasteiger partial charge in [0.1, 0.15) is 18.0 Å². The molecule has 5 heteroatoms. The molecule has 12 heavy (non-hydrogen) atoms. The van der Waals surface area contributed by atoms with Gasteiger partial charge >= 0.3 is 0 Å². The zero-order valence-electron chi connectivity index (χ0n) is 6.99. The van der Waals surface area contributed by atoms with Crippen molar-refractivity contribution in [2.45, 2.75) is 6.92 Å². The second-order valence-electron chi connectivity index (χ2n) is 2.15. The maximum atomic E-state index is 5.74. The summed E-state index contributed by atoms with van der Waals surface area (Å²) in [5.41, 5.74) is 0. The van der Waals surface area contributed by atoms with E-state index in [9.17, 15) is 0 Å². The van der Waals surface area contributed by atoms with E-state index in [2.05, 4.69) is 10.1 Å². The molecule has 0 fully saturated rings. The van der Waals surface area contributed by atoms with Crippen LogP contribution in [0.5, 0.6) is 0 Å². The molecule has 0 saturated carbocycles. The van der Waals surface area contributed by atoms with E-state index in [0.29, 0.717) is 17.6 Å². The molecule has 1 heterocycles. The molecule has 0 aliphatic carbocycles. The Morgan fingerprint density at radius 2 is 2.58 bits per heavy atom. The van der Waals surface area contributed by atoms with Crippen LogP contribution >= 0.6 is 11.6 Å². The highest BCUT2D eigenvalue weighted by atomic mass is 35.5. The lowest BCUT2D eigenvalue weighted by Gasteiger charge is -1.94. The van der Waals surface area contributed by atoms with Gasteiger partial charge in [-0.15, -0.1) is 0 Å². The van der Waals surface area contributed by atoms with Crippen LogP contribution in [-0.4, -0.2) is 22.4 Å². The third-order valence-corrected chi connectivity index (χ3v) is 1.69. The minimum atomic E-state index is 0.550. The first kappa shape index (κ1) is 9.06. The Labute approximate surface area is 75.8 Å². The SMILES string of the molecule is CCO/N=C/c1ncc(Cl)n1C. The first-order chi connectivity index (χ1) is 5.75. The van der Waals surface area contributed by atoms with Crippen molar-refractivity contribution in [3.63, 3.8) is 0 Å². The number of halogens is 1. The van der Waals surface area contributed by atoms with Crippen molar-refractivity contribution in [1.82, 2.24) is 9.55 Å². The Hall–Kier alpha value is -1.03. The zero-order chi connectivity index (χ0) is 8.97. The van der Waals surface area contributed by atoms with E-state index in [4.69, 9.17) is 16.4 Å². The first-order valence-electron chi connectivity index (χ1n) is 3.58. The van der Waals surface area contributed by atoms with Gasteiger partial charge < -0.3 is 9.40 Å². The third-order valence-electron chi connectivity index (χ3n) is 1.34. The van der Waals surface area contributed by atoms with Crippen molar-refractivity contribution in [2.75, 3.05) is 6.61 Å². The number of nitrogens with zero attached hydrogens (tertiary/aromatic N) is 3. The van der Waals surface area contributed by atoms with Crippen LogP contribution in [0.25, 0.3) is 0 Å². The fourth-order valence-corrected chi connectivity index (χ4v) is 0.816. The maximum Gasteiger partial charge on any atom is 0.155 e. The van der Waals surface area contributed by atoms with Crippen LogP contribution in [0.4, 0.5) is 0 Å². The van der Waals surface area contributed by atoms with Crippen LogP contribution in [0.1, 0.15) is 12.7 Å². The van der Waals surface area contributed by atoms with Crippen molar-refractivity contribution in [2.24, 2.45) is 12.2 Å². The molecule has 1 aromatic rings. The van der Waals surface area contributed by atoms with Gasteiger partial charge in [-0.1, -0.05) is 16.8 Å². The minimum absolute atomic E-state index is 0.550. The normalized spacial score (nSPS) is 10.9. The molecule has 0 atom stereocenters. The molecule has 0 amide bonds. The lowest BCUT2D eigenvalue weighted by atomic mass is 10.7. The topological polar surface area (TPSA) is 39.4 Å². The summed E-state index contributed by atoms with van der Waals surface area (Å²) in [7, 11) is 1.81. The van der Waals surface area contributed by atoms with Gasteiger partial charge in [0.25, 0.3) is 0 Å². The highest BCUT2D eigenvalue weighted by Gasteiger charge is 1.99. The molecule has 0 unspecified atom stereocenters. The van der Waals surface area contributed by atoms with E-state index in [1.807, 2.05) is 14.0 Å². The number of oxime groups is 1.